The van der Waals surface area contributed by atoms with Crippen LogP contribution in [0.1, 0.15) is 18.4 Å². The molecule has 0 unspecified atom stereocenters. The van der Waals surface area contributed by atoms with E-state index in [-0.39, 0.29) is 0 Å². The summed E-state index contributed by atoms with van der Waals surface area (Å²) in [6.45, 7) is 1.00. The van der Waals surface area contributed by atoms with Crippen molar-refractivity contribution >= 4 is 38.5 Å². The summed E-state index contributed by atoms with van der Waals surface area (Å²) < 4.78 is 2.46. The van der Waals surface area contributed by atoms with Crippen LogP contribution in [-0.4, -0.2) is 6.04 Å². The lowest BCUT2D eigenvalue weighted by Gasteiger charge is -2.04. The molecule has 1 aliphatic carbocycles. The van der Waals surface area contributed by atoms with Crippen molar-refractivity contribution in [3.8, 4) is 0 Å². The van der Waals surface area contributed by atoms with Crippen molar-refractivity contribution in [1.82, 2.24) is 5.32 Å². The number of hydrogen-bond donors (Lipinski definition) is 1. The van der Waals surface area contributed by atoms with Gasteiger partial charge in [0.05, 0.1) is 0 Å². The fourth-order valence-electron chi connectivity index (χ4n) is 1.26. The topological polar surface area (TPSA) is 12.0 Å². The number of rotatable bonds is 3. The summed E-state index contributed by atoms with van der Waals surface area (Å²) in [6.07, 6.45) is 2.70. The van der Waals surface area contributed by atoms with E-state index in [1.54, 1.807) is 0 Å². The van der Waals surface area contributed by atoms with Crippen molar-refractivity contribution in [2.45, 2.75) is 25.4 Å². The first kappa shape index (κ1) is 9.93. The lowest BCUT2D eigenvalue weighted by Crippen LogP contribution is -2.15. The minimum absolute atomic E-state index is 0.789. The minimum Gasteiger partial charge on any atom is -0.310 e. The maximum absolute atomic E-state index is 3.50. The molecule has 0 radical (unpaired) electrons. The van der Waals surface area contributed by atoms with Gasteiger partial charge < -0.3 is 5.32 Å². The predicted octanol–water partition coefficient (Wildman–Crippen LogP) is 3.31. The van der Waals surface area contributed by atoms with Crippen LogP contribution in [0.3, 0.4) is 0 Å². The first-order valence-corrected chi connectivity index (χ1v) is 6.29. The molecule has 0 heterocycles. The molecule has 0 spiro atoms. The molecule has 1 N–H and O–H groups in total. The van der Waals surface area contributed by atoms with Gasteiger partial charge in [-0.15, -0.1) is 0 Å². The van der Waals surface area contributed by atoms with Gasteiger partial charge >= 0.3 is 0 Å². The average Bonchev–Trinajstić information content (AvgIpc) is 2.81. The van der Waals surface area contributed by atoms with Crippen molar-refractivity contribution in [1.29, 1.82) is 0 Å². The highest BCUT2D eigenvalue weighted by atomic mass is 127. The third-order valence-corrected chi connectivity index (χ3v) is 3.18. The third kappa shape index (κ3) is 3.22. The summed E-state index contributed by atoms with van der Waals surface area (Å²) in [6, 6.07) is 7.32. The highest BCUT2D eigenvalue weighted by Gasteiger charge is 2.19. The fraction of sp³-hybridized carbons (Fsp3) is 0.400. The van der Waals surface area contributed by atoms with E-state index in [2.05, 4.69) is 62.0 Å². The molecule has 1 nitrogen and oxygen atoms in total. The van der Waals surface area contributed by atoms with Crippen LogP contribution < -0.4 is 5.32 Å². The minimum atomic E-state index is 0.789. The molecule has 1 saturated carbocycles. The van der Waals surface area contributed by atoms with E-state index < -0.39 is 0 Å². The Morgan fingerprint density at radius 1 is 1.38 bits per heavy atom. The lowest BCUT2D eigenvalue weighted by atomic mass is 10.2. The summed E-state index contributed by atoms with van der Waals surface area (Å²) in [5, 5.41) is 3.50. The Morgan fingerprint density at radius 3 is 2.77 bits per heavy atom. The van der Waals surface area contributed by atoms with Crippen molar-refractivity contribution in [3.05, 3.63) is 31.8 Å². The van der Waals surface area contributed by atoms with Gasteiger partial charge in [-0.2, -0.15) is 0 Å². The smallest absolute Gasteiger partial charge is 0.0208 e. The molecule has 0 bridgehead atoms. The van der Waals surface area contributed by atoms with E-state index in [1.807, 2.05) is 0 Å². The van der Waals surface area contributed by atoms with Gasteiger partial charge in [0.2, 0.25) is 0 Å². The zero-order valence-electron chi connectivity index (χ0n) is 7.19. The standard InChI is InChI=1S/C10H11BrIN/c11-8-3-7(4-9(12)5-8)6-13-10-1-2-10/h3-5,10,13H,1-2,6H2. The average molecular weight is 352 g/mol. The molecule has 3 heteroatoms. The molecule has 1 aliphatic rings. The Balaban J connectivity index is 2.01. The molecule has 13 heavy (non-hydrogen) atoms. The normalized spacial score (nSPS) is 16.2. The first-order chi connectivity index (χ1) is 6.24. The first-order valence-electron chi connectivity index (χ1n) is 4.42. The summed E-state index contributed by atoms with van der Waals surface area (Å²) in [7, 11) is 0. The molecule has 70 valence electrons. The molecule has 1 fully saturated rings. The van der Waals surface area contributed by atoms with Gasteiger partial charge in [0.1, 0.15) is 0 Å². The molecule has 0 aromatic heterocycles. The van der Waals surface area contributed by atoms with Gasteiger partial charge in [0.15, 0.2) is 0 Å². The van der Waals surface area contributed by atoms with E-state index >= 15 is 0 Å². The van der Waals surface area contributed by atoms with Gasteiger partial charge in [-0.25, -0.2) is 0 Å². The molecular formula is C10H11BrIN. The van der Waals surface area contributed by atoms with E-state index in [1.165, 1.54) is 26.4 Å². The van der Waals surface area contributed by atoms with E-state index in [9.17, 15) is 0 Å². The Kier molecular flexibility index (Phi) is 3.26. The van der Waals surface area contributed by atoms with Crippen molar-refractivity contribution in [2.24, 2.45) is 0 Å². The van der Waals surface area contributed by atoms with Crippen LogP contribution in [-0.2, 0) is 6.54 Å². The number of nitrogens with one attached hydrogen (secondary N) is 1. The second kappa shape index (κ2) is 4.28. The van der Waals surface area contributed by atoms with Crippen LogP contribution >= 0.6 is 38.5 Å². The van der Waals surface area contributed by atoms with Crippen LogP contribution in [0, 0.1) is 3.57 Å². The van der Waals surface area contributed by atoms with Gasteiger partial charge in [-0.05, 0) is 59.2 Å². The highest BCUT2D eigenvalue weighted by Crippen LogP contribution is 2.21. The van der Waals surface area contributed by atoms with Crippen LogP contribution in [0.25, 0.3) is 0 Å². The molecule has 0 atom stereocenters. The maximum atomic E-state index is 3.50. The molecule has 1 aromatic carbocycles. The monoisotopic (exact) mass is 351 g/mol. The number of benzene rings is 1. The number of halogens is 2. The highest BCUT2D eigenvalue weighted by molar-refractivity contribution is 14.1. The molecule has 0 saturated heterocycles. The van der Waals surface area contributed by atoms with Crippen molar-refractivity contribution in [2.75, 3.05) is 0 Å². The second-order valence-corrected chi connectivity index (χ2v) is 5.59. The zero-order valence-corrected chi connectivity index (χ0v) is 10.9. The van der Waals surface area contributed by atoms with Crippen LogP contribution in [0.2, 0.25) is 0 Å². The summed E-state index contributed by atoms with van der Waals surface area (Å²) in [5.41, 5.74) is 1.37. The molecule has 2 rings (SSSR count). The zero-order chi connectivity index (χ0) is 9.26. The van der Waals surface area contributed by atoms with Crippen LogP contribution in [0.5, 0.6) is 0 Å². The van der Waals surface area contributed by atoms with E-state index in [0.29, 0.717) is 0 Å². The molecule has 0 aliphatic heterocycles. The van der Waals surface area contributed by atoms with Crippen LogP contribution in [0.4, 0.5) is 0 Å². The molecular weight excluding hydrogens is 341 g/mol. The maximum Gasteiger partial charge on any atom is 0.0208 e. The van der Waals surface area contributed by atoms with Gasteiger partial charge in [-0.3, -0.25) is 0 Å². The van der Waals surface area contributed by atoms with Crippen molar-refractivity contribution < 1.29 is 0 Å². The lowest BCUT2D eigenvalue weighted by molar-refractivity contribution is 0.687. The Bertz CT molecular complexity index is 290. The number of hydrogen-bond acceptors (Lipinski definition) is 1. The molecule has 1 aromatic rings. The second-order valence-electron chi connectivity index (χ2n) is 3.43. The van der Waals surface area contributed by atoms with E-state index in [4.69, 9.17) is 0 Å². The van der Waals surface area contributed by atoms with Gasteiger partial charge in [0, 0.05) is 20.6 Å². The summed E-state index contributed by atoms with van der Waals surface area (Å²) in [4.78, 5) is 0. The quantitative estimate of drug-likeness (QED) is 0.824. The molecule has 0 amide bonds. The fourth-order valence-corrected chi connectivity index (χ4v) is 2.97. The summed E-state index contributed by atoms with van der Waals surface area (Å²) >= 11 is 5.85. The summed E-state index contributed by atoms with van der Waals surface area (Å²) in [5.74, 6) is 0. The Hall–Kier alpha value is 0.390. The predicted molar refractivity (Wildman–Crippen MR) is 66.7 cm³/mol. The SMILES string of the molecule is Brc1cc(I)cc(CNC2CC2)c1. The van der Waals surface area contributed by atoms with Crippen LogP contribution in [0.15, 0.2) is 22.7 Å². The third-order valence-electron chi connectivity index (χ3n) is 2.09. The van der Waals surface area contributed by atoms with E-state index in [0.717, 1.165) is 12.6 Å². The van der Waals surface area contributed by atoms with Gasteiger partial charge in [-0.1, -0.05) is 15.9 Å². The van der Waals surface area contributed by atoms with Crippen molar-refractivity contribution in [3.63, 3.8) is 0 Å². The van der Waals surface area contributed by atoms with Gasteiger partial charge in [0.25, 0.3) is 0 Å². The largest absolute Gasteiger partial charge is 0.310 e. The Morgan fingerprint density at radius 2 is 2.15 bits per heavy atom. The Labute approximate surface area is 101 Å².